The molecule has 4 nitrogen and oxygen atoms in total. The Morgan fingerprint density at radius 2 is 2.05 bits per heavy atom. The summed E-state index contributed by atoms with van der Waals surface area (Å²) in [5.41, 5.74) is 0.979. The smallest absolute Gasteiger partial charge is 0.306 e. The van der Waals surface area contributed by atoms with Gasteiger partial charge in [-0.3, -0.25) is 4.79 Å². The molecule has 20 heavy (non-hydrogen) atoms. The predicted octanol–water partition coefficient (Wildman–Crippen LogP) is 3.99. The van der Waals surface area contributed by atoms with E-state index in [0.29, 0.717) is 6.42 Å². The van der Waals surface area contributed by atoms with Gasteiger partial charge in [0.05, 0.1) is 0 Å². The third-order valence-electron chi connectivity index (χ3n) is 3.32. The minimum absolute atomic E-state index is 0.133. The highest BCUT2D eigenvalue weighted by atomic mass is 16.7. The molecule has 1 aliphatic rings. The summed E-state index contributed by atoms with van der Waals surface area (Å²) < 4.78 is 16.3. The van der Waals surface area contributed by atoms with E-state index in [2.05, 4.69) is 6.92 Å². The van der Waals surface area contributed by atoms with E-state index in [4.69, 9.17) is 14.2 Å². The fourth-order valence-corrected chi connectivity index (χ4v) is 2.22. The van der Waals surface area contributed by atoms with Crippen molar-refractivity contribution < 1.29 is 19.0 Å². The number of carbonyl (C=O) groups is 1. The molecular weight excluding hydrogens is 256 g/mol. The standard InChI is InChI=1S/C16H22O4/c1-3-5-7-13(20-16(17)6-4-2)12-8-9-14-15(10-12)19-11-18-14/h8-10,13H,3-7,11H2,1-2H3/t13-/m1/s1. The van der Waals surface area contributed by atoms with Crippen LogP contribution in [0.5, 0.6) is 11.5 Å². The SMILES string of the molecule is CCCC[C@@H](OC(=O)CCC)c1ccc2c(c1)OCO2. The number of esters is 1. The molecule has 1 aromatic carbocycles. The van der Waals surface area contributed by atoms with Gasteiger partial charge in [0.2, 0.25) is 6.79 Å². The van der Waals surface area contributed by atoms with Crippen molar-refractivity contribution >= 4 is 5.97 Å². The summed E-state index contributed by atoms with van der Waals surface area (Å²) in [4.78, 5) is 11.7. The zero-order chi connectivity index (χ0) is 14.4. The van der Waals surface area contributed by atoms with Crippen molar-refractivity contribution in [1.82, 2.24) is 0 Å². The van der Waals surface area contributed by atoms with Crippen LogP contribution in [0.3, 0.4) is 0 Å². The van der Waals surface area contributed by atoms with Crippen molar-refractivity contribution in [3.05, 3.63) is 23.8 Å². The van der Waals surface area contributed by atoms with Crippen LogP contribution < -0.4 is 9.47 Å². The first-order valence-electron chi connectivity index (χ1n) is 7.33. The summed E-state index contributed by atoms with van der Waals surface area (Å²) >= 11 is 0. The largest absolute Gasteiger partial charge is 0.457 e. The summed E-state index contributed by atoms with van der Waals surface area (Å²) in [6.45, 7) is 4.36. The zero-order valence-electron chi connectivity index (χ0n) is 12.2. The minimum atomic E-state index is -0.191. The van der Waals surface area contributed by atoms with Gasteiger partial charge < -0.3 is 14.2 Å². The number of rotatable bonds is 7. The van der Waals surface area contributed by atoms with E-state index in [1.807, 2.05) is 25.1 Å². The summed E-state index contributed by atoms with van der Waals surface area (Å²) in [7, 11) is 0. The van der Waals surface area contributed by atoms with Gasteiger partial charge in [0, 0.05) is 6.42 Å². The van der Waals surface area contributed by atoms with Gasteiger partial charge in [0.25, 0.3) is 0 Å². The highest BCUT2D eigenvalue weighted by Crippen LogP contribution is 2.36. The zero-order valence-corrected chi connectivity index (χ0v) is 12.2. The van der Waals surface area contributed by atoms with Crippen molar-refractivity contribution in [1.29, 1.82) is 0 Å². The molecule has 0 unspecified atom stereocenters. The molecule has 0 spiro atoms. The van der Waals surface area contributed by atoms with E-state index >= 15 is 0 Å². The number of hydrogen-bond acceptors (Lipinski definition) is 4. The maximum absolute atomic E-state index is 11.7. The molecule has 1 aliphatic heterocycles. The van der Waals surface area contributed by atoms with Gasteiger partial charge in [-0.1, -0.05) is 26.3 Å². The number of unbranched alkanes of at least 4 members (excludes halogenated alkanes) is 1. The van der Waals surface area contributed by atoms with Gasteiger partial charge in [-0.2, -0.15) is 0 Å². The molecule has 0 fully saturated rings. The number of fused-ring (bicyclic) bond motifs is 1. The third-order valence-corrected chi connectivity index (χ3v) is 3.32. The van der Waals surface area contributed by atoms with Gasteiger partial charge >= 0.3 is 5.97 Å². The van der Waals surface area contributed by atoms with Crippen LogP contribution in [0.25, 0.3) is 0 Å². The van der Waals surface area contributed by atoms with Gasteiger partial charge in [0.15, 0.2) is 11.5 Å². The van der Waals surface area contributed by atoms with Crippen molar-refractivity contribution in [2.75, 3.05) is 6.79 Å². The fraction of sp³-hybridized carbons (Fsp3) is 0.562. The Morgan fingerprint density at radius 3 is 2.80 bits per heavy atom. The first-order chi connectivity index (χ1) is 9.74. The second kappa shape index (κ2) is 7.17. The average Bonchev–Trinajstić information content (AvgIpc) is 2.91. The third kappa shape index (κ3) is 3.65. The molecule has 4 heteroatoms. The van der Waals surface area contributed by atoms with Gasteiger partial charge in [-0.15, -0.1) is 0 Å². The predicted molar refractivity (Wildman–Crippen MR) is 75.8 cm³/mol. The molecule has 2 rings (SSSR count). The van der Waals surface area contributed by atoms with E-state index in [1.165, 1.54) is 0 Å². The molecule has 0 bridgehead atoms. The summed E-state index contributed by atoms with van der Waals surface area (Å²) in [6, 6.07) is 5.75. The van der Waals surface area contributed by atoms with E-state index in [-0.39, 0.29) is 18.9 Å². The van der Waals surface area contributed by atoms with Crippen molar-refractivity contribution in [3.63, 3.8) is 0 Å². The van der Waals surface area contributed by atoms with Crippen LogP contribution in [0.4, 0.5) is 0 Å². The number of carbonyl (C=O) groups excluding carboxylic acids is 1. The molecule has 0 saturated heterocycles. The first-order valence-corrected chi connectivity index (χ1v) is 7.33. The van der Waals surface area contributed by atoms with Crippen LogP contribution in [0, 0.1) is 0 Å². The quantitative estimate of drug-likeness (QED) is 0.707. The molecular formula is C16H22O4. The monoisotopic (exact) mass is 278 g/mol. The van der Waals surface area contributed by atoms with Crippen LogP contribution >= 0.6 is 0 Å². The normalized spacial score (nSPS) is 14.1. The Hall–Kier alpha value is -1.71. The van der Waals surface area contributed by atoms with Crippen LogP contribution in [0.2, 0.25) is 0 Å². The Bertz CT molecular complexity index is 456. The van der Waals surface area contributed by atoms with E-state index < -0.39 is 0 Å². The van der Waals surface area contributed by atoms with E-state index in [0.717, 1.165) is 42.7 Å². The summed E-state index contributed by atoms with van der Waals surface area (Å²) in [5.74, 6) is 1.35. The number of benzene rings is 1. The maximum Gasteiger partial charge on any atom is 0.306 e. The van der Waals surface area contributed by atoms with Crippen molar-refractivity contribution in [2.24, 2.45) is 0 Å². The molecule has 0 N–H and O–H groups in total. The Morgan fingerprint density at radius 1 is 1.25 bits per heavy atom. The van der Waals surface area contributed by atoms with E-state index in [1.54, 1.807) is 0 Å². The van der Waals surface area contributed by atoms with Gasteiger partial charge in [0.1, 0.15) is 6.10 Å². The maximum atomic E-state index is 11.7. The molecule has 110 valence electrons. The molecule has 1 heterocycles. The van der Waals surface area contributed by atoms with Gasteiger partial charge in [-0.05, 0) is 37.0 Å². The lowest BCUT2D eigenvalue weighted by Crippen LogP contribution is -2.11. The molecule has 1 aromatic rings. The first kappa shape index (κ1) is 14.7. The van der Waals surface area contributed by atoms with Crippen LogP contribution in [0.1, 0.15) is 57.6 Å². The van der Waals surface area contributed by atoms with Crippen LogP contribution in [-0.4, -0.2) is 12.8 Å². The number of hydrogen-bond donors (Lipinski definition) is 0. The Kier molecular flexibility index (Phi) is 5.27. The molecule has 0 amide bonds. The second-order valence-corrected chi connectivity index (χ2v) is 4.98. The Balaban J connectivity index is 2.10. The lowest BCUT2D eigenvalue weighted by atomic mass is 10.0. The Labute approximate surface area is 120 Å². The average molecular weight is 278 g/mol. The van der Waals surface area contributed by atoms with Gasteiger partial charge in [-0.25, -0.2) is 0 Å². The van der Waals surface area contributed by atoms with Crippen LogP contribution in [-0.2, 0) is 9.53 Å². The van der Waals surface area contributed by atoms with Crippen LogP contribution in [0.15, 0.2) is 18.2 Å². The fourth-order valence-electron chi connectivity index (χ4n) is 2.22. The number of ether oxygens (including phenoxy) is 3. The lowest BCUT2D eigenvalue weighted by molar-refractivity contribution is -0.150. The minimum Gasteiger partial charge on any atom is -0.457 e. The highest BCUT2D eigenvalue weighted by Gasteiger charge is 2.20. The topological polar surface area (TPSA) is 44.8 Å². The van der Waals surface area contributed by atoms with Crippen molar-refractivity contribution in [2.45, 2.75) is 52.1 Å². The molecule has 0 radical (unpaired) electrons. The molecule has 0 aliphatic carbocycles. The van der Waals surface area contributed by atoms with Crippen molar-refractivity contribution in [3.8, 4) is 11.5 Å². The summed E-state index contributed by atoms with van der Waals surface area (Å²) in [6.07, 6.45) is 4.02. The van der Waals surface area contributed by atoms with E-state index in [9.17, 15) is 4.79 Å². The highest BCUT2D eigenvalue weighted by molar-refractivity contribution is 5.69. The lowest BCUT2D eigenvalue weighted by Gasteiger charge is -2.18. The molecule has 1 atom stereocenters. The summed E-state index contributed by atoms with van der Waals surface area (Å²) in [5, 5.41) is 0. The second-order valence-electron chi connectivity index (χ2n) is 4.98. The molecule has 0 saturated carbocycles. The molecule has 0 aromatic heterocycles.